The van der Waals surface area contributed by atoms with Crippen molar-refractivity contribution in [3.05, 3.63) is 22.6 Å². The van der Waals surface area contributed by atoms with Gasteiger partial charge < -0.3 is 19.7 Å². The van der Waals surface area contributed by atoms with Crippen molar-refractivity contribution in [2.24, 2.45) is 0 Å². The van der Waals surface area contributed by atoms with Gasteiger partial charge in [0.1, 0.15) is 10.8 Å². The first-order chi connectivity index (χ1) is 11.9. The molecule has 25 heavy (non-hydrogen) atoms. The van der Waals surface area contributed by atoms with Crippen molar-refractivity contribution >= 4 is 28.0 Å². The Kier molecular flexibility index (Phi) is 5.39. The summed E-state index contributed by atoms with van der Waals surface area (Å²) in [5.41, 5.74) is 1.86. The SMILES string of the molecule is C=C(OCCCC)c1c(N2CCOCC2)sc2c1CC(C)(C)NC2=O. The molecular formula is C19H28N2O3S. The lowest BCUT2D eigenvalue weighted by Crippen LogP contribution is -2.48. The highest BCUT2D eigenvalue weighted by Crippen LogP contribution is 2.43. The van der Waals surface area contributed by atoms with Gasteiger partial charge in [-0.1, -0.05) is 19.9 Å². The number of carbonyl (C=O) groups is 1. The number of fused-ring (bicyclic) bond motifs is 1. The second-order valence-corrected chi connectivity index (χ2v) is 8.33. The molecule has 0 aliphatic carbocycles. The van der Waals surface area contributed by atoms with Crippen molar-refractivity contribution in [3.8, 4) is 0 Å². The molecule has 1 fully saturated rings. The highest BCUT2D eigenvalue weighted by Gasteiger charge is 2.37. The fourth-order valence-corrected chi connectivity index (χ4v) is 4.63. The molecule has 1 saturated heterocycles. The summed E-state index contributed by atoms with van der Waals surface area (Å²) in [6, 6.07) is 0. The summed E-state index contributed by atoms with van der Waals surface area (Å²) in [5, 5.41) is 4.20. The van der Waals surface area contributed by atoms with Crippen LogP contribution in [0.3, 0.4) is 0 Å². The quantitative estimate of drug-likeness (QED) is 0.621. The largest absolute Gasteiger partial charge is 0.493 e. The van der Waals surface area contributed by atoms with Crippen LogP contribution in [0.1, 0.15) is 54.4 Å². The molecule has 0 saturated carbocycles. The molecule has 3 heterocycles. The Morgan fingerprint density at radius 3 is 2.80 bits per heavy atom. The number of ether oxygens (including phenoxy) is 2. The topological polar surface area (TPSA) is 50.8 Å². The monoisotopic (exact) mass is 364 g/mol. The first-order valence-electron chi connectivity index (χ1n) is 9.06. The normalized spacial score (nSPS) is 19.3. The van der Waals surface area contributed by atoms with E-state index in [4.69, 9.17) is 9.47 Å². The maximum absolute atomic E-state index is 12.6. The van der Waals surface area contributed by atoms with Gasteiger partial charge in [0.05, 0.1) is 30.3 Å². The molecule has 138 valence electrons. The van der Waals surface area contributed by atoms with E-state index in [0.717, 1.165) is 53.4 Å². The van der Waals surface area contributed by atoms with E-state index in [-0.39, 0.29) is 11.4 Å². The van der Waals surface area contributed by atoms with Gasteiger partial charge in [-0.25, -0.2) is 0 Å². The standard InChI is InChI=1S/C19H28N2O3S/c1-5-6-9-24-13(2)15-14-12-19(3,4)20-17(22)16(14)25-18(15)21-7-10-23-11-8-21/h2,5-12H2,1,3-4H3,(H,20,22). The molecule has 0 spiro atoms. The Balaban J connectivity index is 1.99. The smallest absolute Gasteiger partial charge is 0.262 e. The third kappa shape index (κ3) is 3.85. The van der Waals surface area contributed by atoms with Crippen molar-refractivity contribution in [1.29, 1.82) is 0 Å². The van der Waals surface area contributed by atoms with Crippen LogP contribution in [0.15, 0.2) is 6.58 Å². The highest BCUT2D eigenvalue weighted by molar-refractivity contribution is 7.18. The minimum atomic E-state index is -0.258. The molecule has 0 bridgehead atoms. The van der Waals surface area contributed by atoms with Crippen molar-refractivity contribution < 1.29 is 14.3 Å². The number of carbonyl (C=O) groups excluding carboxylic acids is 1. The van der Waals surface area contributed by atoms with E-state index in [1.54, 1.807) is 11.3 Å². The molecular weight excluding hydrogens is 336 g/mol. The van der Waals surface area contributed by atoms with E-state index in [0.29, 0.717) is 25.6 Å². The Morgan fingerprint density at radius 1 is 1.40 bits per heavy atom. The average molecular weight is 365 g/mol. The summed E-state index contributed by atoms with van der Waals surface area (Å²) >= 11 is 1.56. The van der Waals surface area contributed by atoms with Crippen LogP contribution in [0.2, 0.25) is 0 Å². The lowest BCUT2D eigenvalue weighted by molar-refractivity contribution is 0.0902. The molecule has 1 aromatic heterocycles. The lowest BCUT2D eigenvalue weighted by atomic mass is 9.88. The van der Waals surface area contributed by atoms with Crippen molar-refractivity contribution in [2.75, 3.05) is 37.8 Å². The van der Waals surface area contributed by atoms with Crippen LogP contribution in [0.4, 0.5) is 5.00 Å². The Bertz CT molecular complexity index is 660. The molecule has 3 rings (SSSR count). The van der Waals surface area contributed by atoms with Gasteiger partial charge in [0.15, 0.2) is 0 Å². The van der Waals surface area contributed by atoms with Gasteiger partial charge >= 0.3 is 0 Å². The number of unbranched alkanes of at least 4 members (excludes halogenated alkanes) is 1. The number of hydrogen-bond acceptors (Lipinski definition) is 5. The van der Waals surface area contributed by atoms with Crippen LogP contribution in [0, 0.1) is 0 Å². The van der Waals surface area contributed by atoms with Gasteiger partial charge in [-0.05, 0) is 32.3 Å². The van der Waals surface area contributed by atoms with Crippen LogP contribution in [0.5, 0.6) is 0 Å². The maximum atomic E-state index is 12.6. The summed E-state index contributed by atoms with van der Waals surface area (Å²) in [4.78, 5) is 15.7. The molecule has 5 nitrogen and oxygen atoms in total. The lowest BCUT2D eigenvalue weighted by Gasteiger charge is -2.31. The maximum Gasteiger partial charge on any atom is 0.262 e. The number of morpholine rings is 1. The zero-order valence-electron chi connectivity index (χ0n) is 15.4. The Labute approximate surface area is 154 Å². The molecule has 0 unspecified atom stereocenters. The molecule has 0 atom stereocenters. The molecule has 0 aromatic carbocycles. The molecule has 0 radical (unpaired) electrons. The third-order valence-corrected chi connectivity index (χ3v) is 5.91. The first kappa shape index (κ1) is 18.3. The molecule has 2 aliphatic heterocycles. The molecule has 1 aromatic rings. The molecule has 6 heteroatoms. The Hall–Kier alpha value is -1.53. The number of nitrogens with zero attached hydrogens (tertiary/aromatic N) is 1. The summed E-state index contributed by atoms with van der Waals surface area (Å²) in [7, 11) is 0. The van der Waals surface area contributed by atoms with Crippen LogP contribution >= 0.6 is 11.3 Å². The van der Waals surface area contributed by atoms with Crippen molar-refractivity contribution in [3.63, 3.8) is 0 Å². The average Bonchev–Trinajstić information content (AvgIpc) is 2.94. The zero-order chi connectivity index (χ0) is 18.0. The van der Waals surface area contributed by atoms with Crippen LogP contribution in [-0.4, -0.2) is 44.4 Å². The van der Waals surface area contributed by atoms with Crippen LogP contribution < -0.4 is 10.2 Å². The van der Waals surface area contributed by atoms with Gasteiger partial charge in [0.25, 0.3) is 5.91 Å². The predicted octanol–water partition coefficient (Wildman–Crippen LogP) is 3.44. The minimum Gasteiger partial charge on any atom is -0.493 e. The van der Waals surface area contributed by atoms with E-state index in [1.807, 2.05) is 0 Å². The fourth-order valence-electron chi connectivity index (χ4n) is 3.34. The number of nitrogens with one attached hydrogen (secondary N) is 1. The number of hydrogen-bond donors (Lipinski definition) is 1. The van der Waals surface area contributed by atoms with Gasteiger partial charge in [-0.2, -0.15) is 0 Å². The van der Waals surface area contributed by atoms with E-state index >= 15 is 0 Å². The second kappa shape index (κ2) is 7.38. The van der Waals surface area contributed by atoms with E-state index in [9.17, 15) is 4.79 Å². The van der Waals surface area contributed by atoms with Gasteiger partial charge in [-0.15, -0.1) is 11.3 Å². The first-order valence-corrected chi connectivity index (χ1v) is 9.87. The van der Waals surface area contributed by atoms with Gasteiger partial charge in [0, 0.05) is 18.6 Å². The summed E-state index contributed by atoms with van der Waals surface area (Å²) in [6.45, 7) is 14.2. The van der Waals surface area contributed by atoms with Crippen molar-refractivity contribution in [2.45, 2.75) is 45.6 Å². The summed E-state index contributed by atoms with van der Waals surface area (Å²) in [5.74, 6) is 0.705. The van der Waals surface area contributed by atoms with Crippen molar-refractivity contribution in [1.82, 2.24) is 5.32 Å². The van der Waals surface area contributed by atoms with E-state index in [2.05, 4.69) is 37.6 Å². The highest BCUT2D eigenvalue weighted by atomic mass is 32.1. The molecule has 2 aliphatic rings. The number of thiophene rings is 1. The zero-order valence-corrected chi connectivity index (χ0v) is 16.3. The van der Waals surface area contributed by atoms with Gasteiger partial charge in [-0.3, -0.25) is 4.79 Å². The predicted molar refractivity (Wildman–Crippen MR) is 102 cm³/mol. The summed E-state index contributed by atoms with van der Waals surface area (Å²) in [6.07, 6.45) is 2.88. The summed E-state index contributed by atoms with van der Waals surface area (Å²) < 4.78 is 11.4. The fraction of sp³-hybridized carbons (Fsp3) is 0.632. The number of rotatable bonds is 6. The van der Waals surface area contributed by atoms with Gasteiger partial charge in [0.2, 0.25) is 0 Å². The molecule has 1 amide bonds. The van der Waals surface area contributed by atoms with E-state index < -0.39 is 0 Å². The number of amides is 1. The molecule has 1 N–H and O–H groups in total. The van der Waals surface area contributed by atoms with E-state index in [1.165, 1.54) is 0 Å². The second-order valence-electron chi connectivity index (χ2n) is 7.33. The number of anilines is 1. The minimum absolute atomic E-state index is 0.0124. The Morgan fingerprint density at radius 2 is 2.12 bits per heavy atom. The van der Waals surface area contributed by atoms with Crippen LogP contribution in [-0.2, 0) is 15.9 Å². The van der Waals surface area contributed by atoms with Crippen LogP contribution in [0.25, 0.3) is 5.76 Å². The third-order valence-electron chi connectivity index (χ3n) is 4.62.